The van der Waals surface area contributed by atoms with E-state index in [1.807, 2.05) is 38.1 Å². The van der Waals surface area contributed by atoms with Crippen LogP contribution in [-0.4, -0.2) is 5.91 Å². The van der Waals surface area contributed by atoms with Crippen LogP contribution in [0.15, 0.2) is 18.2 Å². The SMILES string of the molecule is Cc1cccc(NC(=O)C(C)CC#N)c1C. The smallest absolute Gasteiger partial charge is 0.228 e. The molecular formula is C13H16N2O. The van der Waals surface area contributed by atoms with Crippen LogP contribution in [0.2, 0.25) is 0 Å². The van der Waals surface area contributed by atoms with E-state index in [0.29, 0.717) is 0 Å². The lowest BCUT2D eigenvalue weighted by Crippen LogP contribution is -2.20. The molecule has 0 aliphatic rings. The van der Waals surface area contributed by atoms with E-state index in [4.69, 9.17) is 5.26 Å². The van der Waals surface area contributed by atoms with E-state index in [-0.39, 0.29) is 18.2 Å². The number of rotatable bonds is 3. The fraction of sp³-hybridized carbons (Fsp3) is 0.385. The van der Waals surface area contributed by atoms with E-state index >= 15 is 0 Å². The normalized spacial score (nSPS) is 11.6. The van der Waals surface area contributed by atoms with Gasteiger partial charge in [-0.15, -0.1) is 0 Å². The number of amides is 1. The van der Waals surface area contributed by atoms with Crippen molar-refractivity contribution in [1.29, 1.82) is 5.26 Å². The average Bonchev–Trinajstić information content (AvgIpc) is 2.25. The van der Waals surface area contributed by atoms with Crippen molar-refractivity contribution < 1.29 is 4.79 Å². The molecule has 1 aromatic rings. The monoisotopic (exact) mass is 216 g/mol. The highest BCUT2D eigenvalue weighted by Crippen LogP contribution is 2.19. The second-order valence-electron chi connectivity index (χ2n) is 4.00. The van der Waals surface area contributed by atoms with Crippen LogP contribution in [0.1, 0.15) is 24.5 Å². The molecule has 0 saturated carbocycles. The number of nitriles is 1. The summed E-state index contributed by atoms with van der Waals surface area (Å²) in [6.07, 6.45) is 0.247. The molecule has 3 heteroatoms. The van der Waals surface area contributed by atoms with Crippen LogP contribution in [0.5, 0.6) is 0 Å². The highest BCUT2D eigenvalue weighted by Gasteiger charge is 2.13. The van der Waals surface area contributed by atoms with Gasteiger partial charge in [-0.1, -0.05) is 19.1 Å². The first-order valence-electron chi connectivity index (χ1n) is 5.30. The van der Waals surface area contributed by atoms with Crippen LogP contribution in [0, 0.1) is 31.1 Å². The molecule has 1 amide bonds. The van der Waals surface area contributed by atoms with E-state index in [2.05, 4.69) is 5.32 Å². The van der Waals surface area contributed by atoms with E-state index in [0.717, 1.165) is 16.8 Å². The second kappa shape index (κ2) is 5.32. The zero-order chi connectivity index (χ0) is 12.1. The minimum atomic E-state index is -0.273. The van der Waals surface area contributed by atoms with Crippen molar-refractivity contribution in [3.05, 3.63) is 29.3 Å². The van der Waals surface area contributed by atoms with Crippen LogP contribution in [-0.2, 0) is 4.79 Å². The Hall–Kier alpha value is -1.82. The Morgan fingerprint density at radius 3 is 2.81 bits per heavy atom. The fourth-order valence-electron chi connectivity index (χ4n) is 1.37. The minimum Gasteiger partial charge on any atom is -0.326 e. The third-order valence-corrected chi connectivity index (χ3v) is 2.71. The number of anilines is 1. The van der Waals surface area contributed by atoms with Gasteiger partial charge in [-0.2, -0.15) is 5.26 Å². The average molecular weight is 216 g/mol. The van der Waals surface area contributed by atoms with Gasteiger partial charge >= 0.3 is 0 Å². The van der Waals surface area contributed by atoms with Gasteiger partial charge in [-0.25, -0.2) is 0 Å². The summed E-state index contributed by atoms with van der Waals surface area (Å²) in [6, 6.07) is 7.79. The van der Waals surface area contributed by atoms with Crippen molar-refractivity contribution in [2.45, 2.75) is 27.2 Å². The van der Waals surface area contributed by atoms with Crippen molar-refractivity contribution >= 4 is 11.6 Å². The van der Waals surface area contributed by atoms with Crippen molar-refractivity contribution in [3.63, 3.8) is 0 Å². The first-order chi connectivity index (χ1) is 7.56. The Labute approximate surface area is 96.1 Å². The lowest BCUT2D eigenvalue weighted by atomic mass is 10.1. The van der Waals surface area contributed by atoms with Crippen molar-refractivity contribution in [1.82, 2.24) is 0 Å². The van der Waals surface area contributed by atoms with E-state index in [1.165, 1.54) is 0 Å². The van der Waals surface area contributed by atoms with Crippen LogP contribution < -0.4 is 5.32 Å². The van der Waals surface area contributed by atoms with Gasteiger partial charge in [0.05, 0.1) is 6.07 Å². The molecule has 16 heavy (non-hydrogen) atoms. The van der Waals surface area contributed by atoms with Gasteiger partial charge in [0.25, 0.3) is 0 Å². The summed E-state index contributed by atoms with van der Waals surface area (Å²) < 4.78 is 0. The zero-order valence-corrected chi connectivity index (χ0v) is 9.87. The Morgan fingerprint density at radius 2 is 2.19 bits per heavy atom. The molecule has 0 heterocycles. The number of carbonyl (C=O) groups excluding carboxylic acids is 1. The van der Waals surface area contributed by atoms with E-state index in [9.17, 15) is 4.79 Å². The summed E-state index contributed by atoms with van der Waals surface area (Å²) >= 11 is 0. The zero-order valence-electron chi connectivity index (χ0n) is 9.87. The first kappa shape index (κ1) is 12.3. The molecule has 0 fully saturated rings. The number of aryl methyl sites for hydroxylation is 1. The second-order valence-corrected chi connectivity index (χ2v) is 4.00. The maximum Gasteiger partial charge on any atom is 0.228 e. The number of nitrogens with zero attached hydrogens (tertiary/aromatic N) is 1. The molecular weight excluding hydrogens is 200 g/mol. The third-order valence-electron chi connectivity index (χ3n) is 2.71. The summed E-state index contributed by atoms with van der Waals surface area (Å²) in [6.45, 7) is 5.73. The molecule has 0 aromatic heterocycles. The topological polar surface area (TPSA) is 52.9 Å². The predicted molar refractivity (Wildman–Crippen MR) is 63.9 cm³/mol. The van der Waals surface area contributed by atoms with Gasteiger partial charge < -0.3 is 5.32 Å². The van der Waals surface area contributed by atoms with Gasteiger partial charge in [0.2, 0.25) is 5.91 Å². The Morgan fingerprint density at radius 1 is 1.50 bits per heavy atom. The molecule has 0 aliphatic carbocycles. The van der Waals surface area contributed by atoms with Crippen LogP contribution in [0.25, 0.3) is 0 Å². The number of hydrogen-bond acceptors (Lipinski definition) is 2. The van der Waals surface area contributed by atoms with Gasteiger partial charge in [-0.3, -0.25) is 4.79 Å². The number of nitrogens with one attached hydrogen (secondary N) is 1. The van der Waals surface area contributed by atoms with Crippen molar-refractivity contribution in [3.8, 4) is 6.07 Å². The summed E-state index contributed by atoms with van der Waals surface area (Å²) in [5.41, 5.74) is 3.04. The lowest BCUT2D eigenvalue weighted by Gasteiger charge is -2.12. The highest BCUT2D eigenvalue weighted by atomic mass is 16.1. The number of carbonyl (C=O) groups is 1. The maximum absolute atomic E-state index is 11.7. The quantitative estimate of drug-likeness (QED) is 0.844. The third kappa shape index (κ3) is 2.83. The summed E-state index contributed by atoms with van der Waals surface area (Å²) in [5.74, 6) is -0.375. The van der Waals surface area contributed by atoms with Gasteiger partial charge in [-0.05, 0) is 31.0 Å². The molecule has 1 rings (SSSR count). The predicted octanol–water partition coefficient (Wildman–Crippen LogP) is 2.79. The first-order valence-corrected chi connectivity index (χ1v) is 5.30. The molecule has 1 atom stereocenters. The van der Waals surface area contributed by atoms with Crippen LogP contribution in [0.3, 0.4) is 0 Å². The Kier molecular flexibility index (Phi) is 4.07. The molecule has 84 valence electrons. The molecule has 1 unspecified atom stereocenters. The molecule has 3 nitrogen and oxygen atoms in total. The summed E-state index contributed by atoms with van der Waals surface area (Å²) in [4.78, 5) is 11.7. The fourth-order valence-corrected chi connectivity index (χ4v) is 1.37. The highest BCUT2D eigenvalue weighted by molar-refractivity contribution is 5.93. The van der Waals surface area contributed by atoms with E-state index < -0.39 is 0 Å². The molecule has 0 saturated heterocycles. The summed E-state index contributed by atoms with van der Waals surface area (Å²) in [5, 5.41) is 11.4. The summed E-state index contributed by atoms with van der Waals surface area (Å²) in [7, 11) is 0. The number of benzene rings is 1. The Balaban J connectivity index is 2.78. The molecule has 1 N–H and O–H groups in total. The van der Waals surface area contributed by atoms with Gasteiger partial charge in [0, 0.05) is 18.0 Å². The standard InChI is InChI=1S/C13H16N2O/c1-9-5-4-6-12(11(9)3)15-13(16)10(2)7-8-14/h4-6,10H,7H2,1-3H3,(H,15,16). The maximum atomic E-state index is 11.7. The lowest BCUT2D eigenvalue weighted by molar-refractivity contribution is -0.119. The molecule has 0 bridgehead atoms. The minimum absolute atomic E-state index is 0.102. The van der Waals surface area contributed by atoms with Gasteiger partial charge in [0.1, 0.15) is 0 Å². The van der Waals surface area contributed by atoms with E-state index in [1.54, 1.807) is 6.92 Å². The molecule has 1 aromatic carbocycles. The van der Waals surface area contributed by atoms with Gasteiger partial charge in [0.15, 0.2) is 0 Å². The van der Waals surface area contributed by atoms with Crippen LogP contribution >= 0.6 is 0 Å². The molecule has 0 radical (unpaired) electrons. The van der Waals surface area contributed by atoms with Crippen LogP contribution in [0.4, 0.5) is 5.69 Å². The Bertz CT molecular complexity index is 432. The molecule has 0 aliphatic heterocycles. The molecule has 0 spiro atoms. The largest absolute Gasteiger partial charge is 0.326 e. The van der Waals surface area contributed by atoms with Crippen molar-refractivity contribution in [2.24, 2.45) is 5.92 Å². The van der Waals surface area contributed by atoms with Crippen molar-refractivity contribution in [2.75, 3.05) is 5.32 Å². The number of hydrogen-bond donors (Lipinski definition) is 1.